The first-order valence-corrected chi connectivity index (χ1v) is 12.9. The molecule has 0 aliphatic heterocycles. The SMILES string of the molecule is CC(C)(CN)c1cccc(C(=O)NCC(=O)Nc2nc(C3(Cl)C=CC=C(c4ccccc4)C3)cs2)c1. The van der Waals surface area contributed by atoms with Crippen molar-refractivity contribution in [2.75, 3.05) is 18.4 Å². The van der Waals surface area contributed by atoms with E-state index >= 15 is 0 Å². The van der Waals surface area contributed by atoms with Gasteiger partial charge in [0.05, 0.1) is 12.2 Å². The first-order chi connectivity index (χ1) is 17.2. The van der Waals surface area contributed by atoms with Crippen LogP contribution < -0.4 is 16.4 Å². The van der Waals surface area contributed by atoms with Crippen LogP contribution in [-0.4, -0.2) is 29.9 Å². The van der Waals surface area contributed by atoms with Crippen molar-refractivity contribution in [2.24, 2.45) is 5.73 Å². The highest BCUT2D eigenvalue weighted by atomic mass is 35.5. The van der Waals surface area contributed by atoms with Crippen molar-refractivity contribution in [2.45, 2.75) is 30.6 Å². The molecule has 0 saturated heterocycles. The molecule has 1 aliphatic rings. The fourth-order valence-electron chi connectivity index (χ4n) is 3.89. The summed E-state index contributed by atoms with van der Waals surface area (Å²) in [6.07, 6.45) is 6.50. The Kier molecular flexibility index (Phi) is 7.73. The molecule has 36 heavy (non-hydrogen) atoms. The monoisotopic (exact) mass is 520 g/mol. The highest BCUT2D eigenvalue weighted by Gasteiger charge is 2.33. The highest BCUT2D eigenvalue weighted by molar-refractivity contribution is 7.14. The smallest absolute Gasteiger partial charge is 0.251 e. The van der Waals surface area contributed by atoms with Gasteiger partial charge in [0.2, 0.25) is 5.91 Å². The van der Waals surface area contributed by atoms with Gasteiger partial charge in [-0.05, 0) is 28.8 Å². The Morgan fingerprint density at radius 3 is 2.69 bits per heavy atom. The molecular weight excluding hydrogens is 492 g/mol. The Balaban J connectivity index is 1.35. The Bertz CT molecular complexity index is 1320. The fraction of sp³-hybridized carbons (Fsp3) is 0.250. The number of aromatic nitrogens is 1. The standard InChI is InChI=1S/C28H29ClN4O2S/c1-27(2,18-30)22-12-6-10-20(14-22)25(35)31-16-24(34)33-26-32-23(17-36-26)28(29)13-7-11-21(15-28)19-8-4-3-5-9-19/h3-14,17H,15-16,18,30H2,1-2H3,(H,31,35)(H,32,33,34). The lowest BCUT2D eigenvalue weighted by atomic mass is 9.84. The first kappa shape index (κ1) is 25.8. The van der Waals surface area contributed by atoms with E-state index in [9.17, 15) is 9.59 Å². The molecule has 4 N–H and O–H groups in total. The van der Waals surface area contributed by atoms with E-state index in [0.717, 1.165) is 16.7 Å². The maximum absolute atomic E-state index is 12.6. The number of nitrogens with one attached hydrogen (secondary N) is 2. The number of hydrogen-bond donors (Lipinski definition) is 3. The molecule has 6 nitrogen and oxygen atoms in total. The number of benzene rings is 2. The normalized spacial score (nSPS) is 17.4. The van der Waals surface area contributed by atoms with Gasteiger partial charge >= 0.3 is 0 Å². The third-order valence-corrected chi connectivity index (χ3v) is 7.46. The van der Waals surface area contributed by atoms with Crippen LogP contribution in [0.3, 0.4) is 0 Å². The van der Waals surface area contributed by atoms with E-state index in [-0.39, 0.29) is 23.8 Å². The maximum Gasteiger partial charge on any atom is 0.251 e. The Morgan fingerprint density at radius 1 is 1.17 bits per heavy atom. The van der Waals surface area contributed by atoms with Crippen LogP contribution >= 0.6 is 22.9 Å². The first-order valence-electron chi connectivity index (χ1n) is 11.7. The van der Waals surface area contributed by atoms with Crippen LogP contribution in [0.25, 0.3) is 5.57 Å². The number of allylic oxidation sites excluding steroid dienone is 4. The number of halogens is 1. The molecule has 1 atom stereocenters. The van der Waals surface area contributed by atoms with Gasteiger partial charge in [0.25, 0.3) is 5.91 Å². The summed E-state index contributed by atoms with van der Waals surface area (Å²) in [4.78, 5) is 28.9. The van der Waals surface area contributed by atoms with E-state index in [0.29, 0.717) is 29.4 Å². The van der Waals surface area contributed by atoms with Crippen molar-refractivity contribution < 1.29 is 9.59 Å². The Hall–Kier alpha value is -3.26. The third kappa shape index (κ3) is 5.93. The van der Waals surface area contributed by atoms with Crippen molar-refractivity contribution in [1.82, 2.24) is 10.3 Å². The summed E-state index contributed by atoms with van der Waals surface area (Å²) >= 11 is 8.26. The van der Waals surface area contributed by atoms with Gasteiger partial charge in [-0.15, -0.1) is 22.9 Å². The minimum Gasteiger partial charge on any atom is -0.343 e. The van der Waals surface area contributed by atoms with Crippen LogP contribution in [-0.2, 0) is 15.1 Å². The van der Waals surface area contributed by atoms with Gasteiger partial charge in [0.1, 0.15) is 4.87 Å². The molecule has 0 bridgehead atoms. The molecule has 8 heteroatoms. The van der Waals surface area contributed by atoms with Crippen LogP contribution in [0.5, 0.6) is 0 Å². The molecule has 2 aromatic carbocycles. The van der Waals surface area contributed by atoms with Crippen molar-refractivity contribution in [3.05, 3.63) is 101 Å². The Labute approximate surface area is 220 Å². The number of anilines is 1. The van der Waals surface area contributed by atoms with Crippen LogP contribution in [0, 0.1) is 0 Å². The molecule has 186 valence electrons. The van der Waals surface area contributed by atoms with Crippen LogP contribution in [0.4, 0.5) is 5.13 Å². The highest BCUT2D eigenvalue weighted by Crippen LogP contribution is 2.43. The predicted octanol–water partition coefficient (Wildman–Crippen LogP) is 5.23. The molecule has 4 rings (SSSR count). The zero-order valence-electron chi connectivity index (χ0n) is 20.3. The fourth-order valence-corrected chi connectivity index (χ4v) is 5.07. The van der Waals surface area contributed by atoms with Gasteiger partial charge in [-0.2, -0.15) is 0 Å². The molecule has 1 heterocycles. The van der Waals surface area contributed by atoms with Crippen LogP contribution in [0.1, 0.15) is 47.4 Å². The number of hydrogen-bond acceptors (Lipinski definition) is 5. The van der Waals surface area contributed by atoms with E-state index in [1.54, 1.807) is 6.07 Å². The van der Waals surface area contributed by atoms with Crippen molar-refractivity contribution in [3.8, 4) is 0 Å². The number of thiazole rings is 1. The number of rotatable bonds is 8. The van der Waals surface area contributed by atoms with Gasteiger partial charge in [-0.1, -0.05) is 74.5 Å². The van der Waals surface area contributed by atoms with E-state index in [4.69, 9.17) is 17.3 Å². The molecule has 0 radical (unpaired) electrons. The maximum atomic E-state index is 12.6. The van der Waals surface area contributed by atoms with Gasteiger partial charge in [-0.3, -0.25) is 9.59 Å². The Morgan fingerprint density at radius 2 is 1.94 bits per heavy atom. The molecule has 1 aromatic heterocycles. The van der Waals surface area contributed by atoms with Crippen molar-refractivity contribution in [3.63, 3.8) is 0 Å². The summed E-state index contributed by atoms with van der Waals surface area (Å²) in [5.74, 6) is -0.692. The van der Waals surface area contributed by atoms with E-state index in [2.05, 4.69) is 33.8 Å². The summed E-state index contributed by atoms with van der Waals surface area (Å²) in [6, 6.07) is 17.4. The zero-order valence-corrected chi connectivity index (χ0v) is 21.8. The van der Waals surface area contributed by atoms with Gasteiger partial charge < -0.3 is 16.4 Å². The molecule has 3 aromatic rings. The number of nitrogens with two attached hydrogens (primary N) is 1. The number of amides is 2. The molecular formula is C28H29ClN4O2S. The zero-order chi connectivity index (χ0) is 25.8. The predicted molar refractivity (Wildman–Crippen MR) is 147 cm³/mol. The van der Waals surface area contributed by atoms with Crippen molar-refractivity contribution in [1.29, 1.82) is 0 Å². The van der Waals surface area contributed by atoms with Crippen LogP contribution in [0.15, 0.2) is 78.2 Å². The summed E-state index contributed by atoms with van der Waals surface area (Å²) in [7, 11) is 0. The molecule has 2 amide bonds. The lowest BCUT2D eigenvalue weighted by Crippen LogP contribution is -2.33. The van der Waals surface area contributed by atoms with Crippen LogP contribution in [0.2, 0.25) is 0 Å². The van der Waals surface area contributed by atoms with E-state index in [1.807, 2.05) is 67.8 Å². The lowest BCUT2D eigenvalue weighted by Gasteiger charge is -2.26. The second kappa shape index (κ2) is 10.8. The number of alkyl halides is 1. The molecule has 0 saturated carbocycles. The molecule has 1 unspecified atom stereocenters. The summed E-state index contributed by atoms with van der Waals surface area (Å²) < 4.78 is 0. The quantitative estimate of drug-likeness (QED) is 0.354. The third-order valence-electron chi connectivity index (χ3n) is 6.25. The van der Waals surface area contributed by atoms with Gasteiger partial charge in [0.15, 0.2) is 5.13 Å². The number of carbonyl (C=O) groups excluding carboxylic acids is 2. The number of nitrogens with zero attached hydrogens (tertiary/aromatic N) is 1. The average Bonchev–Trinajstić information content (AvgIpc) is 3.37. The molecule has 1 aliphatic carbocycles. The summed E-state index contributed by atoms with van der Waals surface area (Å²) in [5, 5.41) is 7.70. The largest absolute Gasteiger partial charge is 0.343 e. The second-order valence-electron chi connectivity index (χ2n) is 9.39. The minimum atomic E-state index is -0.796. The minimum absolute atomic E-state index is 0.176. The van der Waals surface area contributed by atoms with Gasteiger partial charge in [0, 0.05) is 29.3 Å². The van der Waals surface area contributed by atoms with E-state index < -0.39 is 4.87 Å². The molecule has 0 spiro atoms. The van der Waals surface area contributed by atoms with Gasteiger partial charge in [-0.25, -0.2) is 4.98 Å². The average molecular weight is 521 g/mol. The van der Waals surface area contributed by atoms with E-state index in [1.165, 1.54) is 11.3 Å². The van der Waals surface area contributed by atoms with Crippen molar-refractivity contribution >= 4 is 45.5 Å². The lowest BCUT2D eigenvalue weighted by molar-refractivity contribution is -0.115. The summed E-state index contributed by atoms with van der Waals surface area (Å²) in [5.41, 5.74) is 9.96. The topological polar surface area (TPSA) is 97.1 Å². The summed E-state index contributed by atoms with van der Waals surface area (Å²) in [6.45, 7) is 4.32. The number of carbonyl (C=O) groups is 2. The second-order valence-corrected chi connectivity index (χ2v) is 10.9. The molecule has 0 fully saturated rings.